The van der Waals surface area contributed by atoms with Crippen LogP contribution >= 0.6 is 0 Å². The first-order valence-electron chi connectivity index (χ1n) is 43.4. The van der Waals surface area contributed by atoms with Gasteiger partial charge in [-0.2, -0.15) is 0 Å². The van der Waals surface area contributed by atoms with Gasteiger partial charge < -0.3 is 0 Å². The van der Waals surface area contributed by atoms with Gasteiger partial charge in [-0.3, -0.25) is 34.9 Å². The van der Waals surface area contributed by atoms with Crippen LogP contribution in [0.15, 0.2) is 194 Å². The van der Waals surface area contributed by atoms with Crippen LogP contribution in [-0.2, 0) is 69.1 Å². The molecule has 5 aromatic carbocycles. The van der Waals surface area contributed by atoms with Gasteiger partial charge in [-0.1, -0.05) is 390 Å². The Bertz CT molecular complexity index is 3960. The molecule has 0 atom stereocenters. The van der Waals surface area contributed by atoms with Gasteiger partial charge in [0.2, 0.25) is 0 Å². The van der Waals surface area contributed by atoms with Crippen LogP contribution in [0.1, 0.15) is 363 Å². The van der Waals surface area contributed by atoms with Crippen LogP contribution in [0.5, 0.6) is 0 Å². The normalized spacial score (nSPS) is 13.0. The third kappa shape index (κ3) is 37.7. The van der Waals surface area contributed by atoms with Crippen LogP contribution < -0.4 is 0 Å². The Hall–Kier alpha value is -8.95. The molecule has 2 aliphatic carbocycles. The van der Waals surface area contributed by atoms with Crippen molar-refractivity contribution in [3.8, 4) is 0 Å². The molecular weight excluding hydrogens is 1420 g/mol. The molecule has 117 heavy (non-hydrogen) atoms. The number of aromatic nitrogens is 3. The highest BCUT2D eigenvalue weighted by molar-refractivity contribution is 6.06. The molecule has 7 heterocycles. The van der Waals surface area contributed by atoms with E-state index >= 15 is 0 Å². The summed E-state index contributed by atoms with van der Waals surface area (Å²) in [5.74, 6) is 1.60. The molecule has 0 amide bonds. The van der Waals surface area contributed by atoms with Crippen LogP contribution in [-0.4, -0.2) is 64.6 Å². The average Bonchev–Trinajstić information content (AvgIpc) is 1.13. The van der Waals surface area contributed by atoms with E-state index in [1.807, 2.05) is 133 Å². The molecule has 4 aliphatic heterocycles. The molecule has 14 rings (SSSR count). The molecule has 6 aliphatic rings. The molecule has 640 valence electrons. The second kappa shape index (κ2) is 51.4. The number of benzene rings is 5. The van der Waals surface area contributed by atoms with Gasteiger partial charge in [0.1, 0.15) is 5.69 Å². The van der Waals surface area contributed by atoms with Gasteiger partial charge in [0.15, 0.2) is 11.7 Å². The zero-order chi connectivity index (χ0) is 88.6. The fourth-order valence-electron chi connectivity index (χ4n) is 11.3. The molecule has 9 heteroatoms. The van der Waals surface area contributed by atoms with E-state index in [4.69, 9.17) is 0 Å². The first-order chi connectivity index (χ1) is 54.4. The van der Waals surface area contributed by atoms with Crippen molar-refractivity contribution in [1.29, 1.82) is 0 Å². The Morgan fingerprint density at radius 3 is 1.13 bits per heavy atom. The Morgan fingerprint density at radius 2 is 0.684 bits per heavy atom. The van der Waals surface area contributed by atoms with Crippen LogP contribution in [0.4, 0.5) is 5.69 Å². The minimum absolute atomic E-state index is 0. The maximum absolute atomic E-state index is 4.46. The molecule has 0 radical (unpaired) electrons. The molecule has 0 unspecified atom stereocenters. The van der Waals surface area contributed by atoms with Gasteiger partial charge in [0.05, 0.1) is 31.0 Å². The van der Waals surface area contributed by atoms with E-state index in [2.05, 4.69) is 370 Å². The number of hydrogen-bond donors (Lipinski definition) is 0. The molecule has 3 aromatic heterocycles. The second-order valence-corrected chi connectivity index (χ2v) is 36.1. The number of aryl methyl sites for hydroxylation is 2. The Morgan fingerprint density at radius 1 is 0.299 bits per heavy atom. The van der Waals surface area contributed by atoms with Gasteiger partial charge in [-0.15, -0.1) is 0 Å². The highest BCUT2D eigenvalue weighted by atomic mass is 15.0. The summed E-state index contributed by atoms with van der Waals surface area (Å²) in [5, 5.41) is 0. The summed E-state index contributed by atoms with van der Waals surface area (Å²) in [5.41, 5.74) is 27.5. The largest absolute Gasteiger partial charge is 0.288 e. The number of aliphatic imine (C=N–C) groups is 6. The van der Waals surface area contributed by atoms with E-state index < -0.39 is 0 Å². The lowest BCUT2D eigenvalue weighted by molar-refractivity contribution is 0.586. The van der Waals surface area contributed by atoms with E-state index in [0.717, 1.165) is 66.7 Å². The van der Waals surface area contributed by atoms with Crippen molar-refractivity contribution in [3.05, 3.63) is 270 Å². The molecule has 0 saturated heterocycles. The predicted octanol–water partition coefficient (Wildman–Crippen LogP) is 30.5. The quantitative estimate of drug-likeness (QED) is 0.172. The smallest absolute Gasteiger partial charge is 0.173 e. The van der Waals surface area contributed by atoms with Crippen molar-refractivity contribution in [1.82, 2.24) is 15.0 Å². The van der Waals surface area contributed by atoms with E-state index in [9.17, 15) is 0 Å². The molecule has 0 bridgehead atoms. The number of allylic oxidation sites excluding steroid dienone is 2. The van der Waals surface area contributed by atoms with Crippen molar-refractivity contribution in [2.75, 3.05) is 13.1 Å². The predicted molar refractivity (Wildman–Crippen MR) is 527 cm³/mol. The van der Waals surface area contributed by atoms with Gasteiger partial charge in [-0.05, 0) is 172 Å². The molecular formula is C108H163N9. The van der Waals surface area contributed by atoms with E-state index in [1.165, 1.54) is 89.1 Å². The zero-order valence-corrected chi connectivity index (χ0v) is 80.3. The summed E-state index contributed by atoms with van der Waals surface area (Å²) in [6.07, 6.45) is 25.4. The summed E-state index contributed by atoms with van der Waals surface area (Å²) in [7, 11) is 0. The Kier molecular flexibility index (Phi) is 47.5. The van der Waals surface area contributed by atoms with Crippen molar-refractivity contribution >= 4 is 54.4 Å². The van der Waals surface area contributed by atoms with Crippen molar-refractivity contribution in [2.45, 2.75) is 340 Å². The zero-order valence-electron chi connectivity index (χ0n) is 80.3. The lowest BCUT2D eigenvalue weighted by Crippen LogP contribution is -2.12. The summed E-state index contributed by atoms with van der Waals surface area (Å²) >= 11 is 0. The number of pyridine rings is 3. The lowest BCUT2D eigenvalue weighted by atomic mass is 9.85. The van der Waals surface area contributed by atoms with Gasteiger partial charge in [0, 0.05) is 67.5 Å². The van der Waals surface area contributed by atoms with Crippen LogP contribution in [0.3, 0.4) is 0 Å². The third-order valence-corrected chi connectivity index (χ3v) is 18.8. The van der Waals surface area contributed by atoms with E-state index in [1.54, 1.807) is 6.21 Å². The average molecular weight is 1590 g/mol. The SMILES string of the molecule is C.CC.CC.CC.CC.CC.CC.CC(C)(C)c1ccc(C2=NCC=N2)cc1.CC(C)(C)c1ccc(C2=NCC=N2)nc1.CC(C)(C)c1ccc2c(c1)C=CC2.CC(C)(C)c1ccc2c(c1)C=NC2.CC(C)(C)c1ccc2c(c1)N=CC2.CC(C)(C)c1cnc2c(c1)C=CC2.Cc1ccc(C(C)(C)C)cc1.Cc1ccc(C(C)(C)C)cn1. The van der Waals surface area contributed by atoms with Gasteiger partial charge >= 0.3 is 0 Å². The number of amidine groups is 2. The first-order valence-corrected chi connectivity index (χ1v) is 43.4. The standard InChI is InChI=1S/C13H16N2.C13H16.C12H15N3.3C12H15N.C11H16.C10H15N.6C2H6.CH4/c1-13(2,3)11-6-4-10(5-7-11)12-14-8-9-15-12;1-13(2,3)12-8-7-10-5-4-6-11(10)9-12;1-12(2,3)9-4-5-10(15-8-9)11-13-6-7-14-11;1-12(2,3)11-5-4-9-7-13-8-10(9)6-11;1-12(2,3)10-5-4-9-6-7-13-11(9)8-10;1-12(2,3)10-7-9-5-4-6-11(9)13-8-10;1-9-5-7-10(8-6-9)11(2,3)4;1-8-5-6-9(7-11-8)10(2,3)4;6*1-2;/h4-8H,9H2,1-3H3;4,6-9H,5H2,1-3H3;4-6,8H,7H2,1-3H3;4-6,8H,7H2,1-3H3;2*4-5,7-8H,6H2,1-3H3;5-8H,1-4H3;5-7H,1-4H3;6*1-2H3;1H4. The minimum Gasteiger partial charge on any atom is -0.288 e. The maximum atomic E-state index is 4.46. The van der Waals surface area contributed by atoms with Crippen molar-refractivity contribution in [3.63, 3.8) is 0 Å². The molecule has 8 aromatic rings. The highest BCUT2D eigenvalue weighted by Gasteiger charge is 2.22. The molecule has 0 fully saturated rings. The van der Waals surface area contributed by atoms with E-state index in [-0.39, 0.29) is 50.7 Å². The van der Waals surface area contributed by atoms with E-state index in [0.29, 0.717) is 6.54 Å². The van der Waals surface area contributed by atoms with Crippen LogP contribution in [0, 0.1) is 13.8 Å². The summed E-state index contributed by atoms with van der Waals surface area (Å²) < 4.78 is 0. The number of hydrogen-bond acceptors (Lipinski definition) is 9. The third-order valence-electron chi connectivity index (χ3n) is 18.8. The Labute approximate surface area is 718 Å². The maximum Gasteiger partial charge on any atom is 0.173 e. The monoisotopic (exact) mass is 1590 g/mol. The van der Waals surface area contributed by atoms with Crippen LogP contribution in [0.2, 0.25) is 0 Å². The summed E-state index contributed by atoms with van der Waals surface area (Å²) in [4.78, 5) is 38.6. The van der Waals surface area contributed by atoms with Crippen LogP contribution in [0.25, 0.3) is 12.2 Å². The second-order valence-electron chi connectivity index (χ2n) is 36.1. The van der Waals surface area contributed by atoms with Gasteiger partial charge in [-0.25, -0.2) is 9.98 Å². The molecule has 9 nitrogen and oxygen atoms in total. The Balaban J connectivity index is 0.00000129. The number of rotatable bonds is 2. The number of nitrogens with zero attached hydrogens (tertiary/aromatic N) is 9. The summed E-state index contributed by atoms with van der Waals surface area (Å²) in [6.45, 7) is 83.7. The van der Waals surface area contributed by atoms with Gasteiger partial charge in [0.25, 0.3) is 0 Å². The summed E-state index contributed by atoms with van der Waals surface area (Å²) in [6, 6.07) is 47.9. The topological polar surface area (TPSA) is 113 Å². The van der Waals surface area contributed by atoms with Crippen molar-refractivity contribution < 1.29 is 0 Å². The number of fused-ring (bicyclic) bond motifs is 4. The van der Waals surface area contributed by atoms with Crippen molar-refractivity contribution in [2.24, 2.45) is 30.0 Å². The first kappa shape index (κ1) is 108. The fraction of sp³-hybridized carbons (Fsp3) is 0.491. The minimum atomic E-state index is 0. The molecule has 0 spiro atoms. The fourth-order valence-corrected chi connectivity index (χ4v) is 11.3. The highest BCUT2D eigenvalue weighted by Crippen LogP contribution is 2.34. The lowest BCUT2D eigenvalue weighted by Gasteiger charge is -2.19. The molecule has 0 saturated carbocycles. The molecule has 0 N–H and O–H groups in total.